The van der Waals surface area contributed by atoms with E-state index in [0.29, 0.717) is 0 Å². The first-order valence-electron chi connectivity index (χ1n) is 2.55. The van der Waals surface area contributed by atoms with Crippen LogP contribution in [0.1, 0.15) is 8.35 Å². The Labute approximate surface area is 57.0 Å². The molecule has 0 amide bonds. The van der Waals surface area contributed by atoms with Gasteiger partial charge < -0.3 is 0 Å². The molecule has 0 atom stereocenters. The molecule has 0 aliphatic heterocycles. The molecule has 0 aliphatic rings. The van der Waals surface area contributed by atoms with Crippen LogP contribution in [0.25, 0.3) is 0 Å². The molecule has 0 heteroatoms. The van der Waals surface area contributed by atoms with Gasteiger partial charge in [-0.15, -0.1) is 0 Å². The smallest absolute Gasteiger partial charge is 0 e. The highest BCUT2D eigenvalue weighted by Gasteiger charge is 1.66. The first kappa shape index (κ1) is 7.60. The molecule has 0 unspecified atom stereocenters. The molecule has 0 aromatic heterocycles. The molecule has 0 nitrogen and oxygen atoms in total. The highest BCUT2D eigenvalue weighted by atomic mass is 13.7. The van der Waals surface area contributed by atoms with Crippen LogP contribution in [-0.2, 0) is 0 Å². The van der Waals surface area contributed by atoms with Crippen molar-refractivity contribution in [2.75, 3.05) is 0 Å². The van der Waals surface area contributed by atoms with E-state index in [1.165, 1.54) is 0 Å². The Morgan fingerprint density at radius 2 is 2.22 bits per heavy atom. The van der Waals surface area contributed by atoms with Crippen molar-refractivity contribution >= 4 is 0 Å². The van der Waals surface area contributed by atoms with Crippen molar-refractivity contribution in [1.82, 2.24) is 0 Å². The Morgan fingerprint density at radius 1 is 1.56 bits per heavy atom. The van der Waals surface area contributed by atoms with Crippen molar-refractivity contribution in [3.8, 4) is 0 Å². The molecule has 0 radical (unpaired) electrons. The summed E-state index contributed by atoms with van der Waals surface area (Å²) >= 11 is 0. The Balaban J connectivity index is 0. The zero-order chi connectivity index (χ0) is 7.11. The molecule has 46 valence electrons. The molecule has 0 aromatic rings. The molecular weight excluding hydrogens is 108 g/mol. The second kappa shape index (κ2) is 4.75. The number of hydrogen-bond acceptors (Lipinski definition) is 0. The van der Waals surface area contributed by atoms with Crippen molar-refractivity contribution in [1.29, 1.82) is 0 Å². The van der Waals surface area contributed by atoms with Gasteiger partial charge in [-0.05, 0) is 30.5 Å². The molecule has 0 fully saturated rings. The lowest BCUT2D eigenvalue weighted by Crippen LogP contribution is -1.54. The Morgan fingerprint density at radius 3 is 2.67 bits per heavy atom. The molecule has 0 bridgehead atoms. The number of allylic oxidation sites excluding steroid dienone is 2. The van der Waals surface area contributed by atoms with Crippen molar-refractivity contribution in [2.24, 2.45) is 0 Å². The van der Waals surface area contributed by atoms with Gasteiger partial charge in [0.25, 0.3) is 0 Å². The summed E-state index contributed by atoms with van der Waals surface area (Å²) in [5.41, 5.74) is 11.2. The second-order valence-corrected chi connectivity index (χ2v) is 1.44. The van der Waals surface area contributed by atoms with Crippen molar-refractivity contribution < 1.29 is 1.43 Å². The Kier molecular flexibility index (Phi) is 4.01. The molecule has 0 N–H and O–H groups in total. The van der Waals surface area contributed by atoms with E-state index >= 15 is 0 Å². The van der Waals surface area contributed by atoms with Gasteiger partial charge >= 0.3 is 0 Å². The van der Waals surface area contributed by atoms with Gasteiger partial charge in [0.15, 0.2) is 0 Å². The lowest BCUT2D eigenvalue weighted by atomic mass is 10.3. The van der Waals surface area contributed by atoms with Crippen LogP contribution in [0.5, 0.6) is 0 Å². The van der Waals surface area contributed by atoms with Crippen LogP contribution in [0.15, 0.2) is 47.7 Å². The fourth-order valence-corrected chi connectivity index (χ4v) is 0.225. The van der Waals surface area contributed by atoms with E-state index in [9.17, 15) is 0 Å². The van der Waals surface area contributed by atoms with E-state index in [1.54, 1.807) is 6.08 Å². The molecule has 0 rings (SSSR count). The summed E-state index contributed by atoms with van der Waals surface area (Å²) in [4.78, 5) is 0. The maximum absolute atomic E-state index is 3.54. The van der Waals surface area contributed by atoms with E-state index in [-0.39, 0.29) is 1.43 Å². The monoisotopic (exact) mass is 118 g/mol. The first-order valence-corrected chi connectivity index (χ1v) is 2.55. The fourth-order valence-electron chi connectivity index (χ4n) is 0.225. The minimum atomic E-state index is 0. The summed E-state index contributed by atoms with van der Waals surface area (Å²) in [6, 6.07) is 0. The maximum atomic E-state index is 3.54. The van der Waals surface area contributed by atoms with Gasteiger partial charge in [-0.25, -0.2) is 0 Å². The molecule has 0 saturated carbocycles. The summed E-state index contributed by atoms with van der Waals surface area (Å²) in [7, 11) is 0. The lowest BCUT2D eigenvalue weighted by Gasteiger charge is -1.72. The quantitative estimate of drug-likeness (QED) is 0.366. The molecule has 0 spiro atoms. The van der Waals surface area contributed by atoms with Crippen molar-refractivity contribution in [2.45, 2.75) is 6.92 Å². The van der Waals surface area contributed by atoms with Crippen LogP contribution < -0.4 is 0 Å². The summed E-state index contributed by atoms with van der Waals surface area (Å²) in [5, 5.41) is 0. The van der Waals surface area contributed by atoms with E-state index in [0.717, 1.165) is 5.57 Å². The highest BCUT2D eigenvalue weighted by Crippen LogP contribution is 1.85. The van der Waals surface area contributed by atoms with Gasteiger partial charge in [-0.1, -0.05) is 24.1 Å². The predicted octanol–water partition coefficient (Wildman–Crippen LogP) is 2.61. The fraction of sp³-hybridized carbons (Fsp3) is 0.111. The SMILES string of the molecule is C=C=C=C=C=C(C)C=C.[HH]. The van der Waals surface area contributed by atoms with Gasteiger partial charge in [-0.2, -0.15) is 0 Å². The van der Waals surface area contributed by atoms with E-state index in [2.05, 4.69) is 36.1 Å². The van der Waals surface area contributed by atoms with Gasteiger partial charge in [0, 0.05) is 1.43 Å². The van der Waals surface area contributed by atoms with Crippen LogP contribution >= 0.6 is 0 Å². The minimum absolute atomic E-state index is 0. The third-order valence-electron chi connectivity index (χ3n) is 0.717. The Hall–Kier alpha value is -1.40. The minimum Gasteiger partial charge on any atom is -0.0982 e. The number of rotatable bonds is 1. The molecule has 0 aromatic carbocycles. The van der Waals surface area contributed by atoms with Crippen LogP contribution in [0.3, 0.4) is 0 Å². The van der Waals surface area contributed by atoms with Crippen molar-refractivity contribution in [3.05, 3.63) is 47.7 Å². The van der Waals surface area contributed by atoms with Gasteiger partial charge in [-0.3, -0.25) is 0 Å². The zero-order valence-corrected chi connectivity index (χ0v) is 5.49. The van der Waals surface area contributed by atoms with Crippen molar-refractivity contribution in [3.63, 3.8) is 0 Å². The van der Waals surface area contributed by atoms with Gasteiger partial charge in [0.1, 0.15) is 0 Å². The predicted molar refractivity (Wildman–Crippen MR) is 41.2 cm³/mol. The summed E-state index contributed by atoms with van der Waals surface area (Å²) in [6.07, 6.45) is 1.69. The van der Waals surface area contributed by atoms with Crippen LogP contribution in [0.2, 0.25) is 0 Å². The topological polar surface area (TPSA) is 0 Å². The third kappa shape index (κ3) is 4.45. The average molecular weight is 118 g/mol. The summed E-state index contributed by atoms with van der Waals surface area (Å²) in [5.74, 6) is 0. The van der Waals surface area contributed by atoms with Gasteiger partial charge in [0.2, 0.25) is 0 Å². The highest BCUT2D eigenvalue weighted by molar-refractivity contribution is 5.11. The van der Waals surface area contributed by atoms with Crippen LogP contribution in [0.4, 0.5) is 0 Å². The summed E-state index contributed by atoms with van der Waals surface area (Å²) < 4.78 is 0. The standard InChI is InChI=1S/C9H8.H2/c1-4-6-7-8-9(3)5-2;/h5H,1-2H2,3H3;1H. The van der Waals surface area contributed by atoms with Crippen LogP contribution in [0, 0.1) is 0 Å². The molecular formula is C9H10. The van der Waals surface area contributed by atoms with E-state index < -0.39 is 0 Å². The van der Waals surface area contributed by atoms with E-state index in [1.807, 2.05) is 6.92 Å². The second-order valence-electron chi connectivity index (χ2n) is 1.44. The normalized spacial score (nSPS) is 5.44. The molecule has 0 aliphatic carbocycles. The number of hydrogen-bond donors (Lipinski definition) is 0. The third-order valence-corrected chi connectivity index (χ3v) is 0.717. The largest absolute Gasteiger partial charge is 0.0982 e. The maximum Gasteiger partial charge on any atom is 0 e. The Bertz CT molecular complexity index is 248. The summed E-state index contributed by atoms with van der Waals surface area (Å²) in [6.45, 7) is 8.73. The lowest BCUT2D eigenvalue weighted by molar-refractivity contribution is 1.56. The van der Waals surface area contributed by atoms with Crippen LogP contribution in [-0.4, -0.2) is 0 Å². The molecule has 0 heterocycles. The first-order chi connectivity index (χ1) is 4.31. The van der Waals surface area contributed by atoms with E-state index in [4.69, 9.17) is 0 Å². The zero-order valence-electron chi connectivity index (χ0n) is 5.49. The van der Waals surface area contributed by atoms with Gasteiger partial charge in [0.05, 0.1) is 0 Å². The average Bonchev–Trinajstić information content (AvgIpc) is 1.89. The molecule has 0 saturated heterocycles. The molecule has 9 heavy (non-hydrogen) atoms.